The fourth-order valence-electron chi connectivity index (χ4n) is 3.39. The Balaban J connectivity index is 0. The van der Waals surface area contributed by atoms with E-state index in [1.165, 1.54) is 6.08 Å². The molecule has 0 spiro atoms. The van der Waals surface area contributed by atoms with Gasteiger partial charge < -0.3 is 52.8 Å². The van der Waals surface area contributed by atoms with E-state index < -0.39 is 29.6 Å². The molecule has 0 bridgehead atoms. The van der Waals surface area contributed by atoms with Gasteiger partial charge in [-0.3, -0.25) is 0 Å². The number of aliphatic hydroxyl groups excluding tert-OH is 2. The second-order valence-corrected chi connectivity index (χ2v) is 11.3. The van der Waals surface area contributed by atoms with Gasteiger partial charge in [0.1, 0.15) is 36.6 Å². The number of hydrogen-bond donors (Lipinski definition) is 2. The molecule has 2 aliphatic rings. The predicted molar refractivity (Wildman–Crippen MR) is 181 cm³/mol. The highest BCUT2D eigenvalue weighted by Gasteiger charge is 2.36. The second kappa shape index (κ2) is 25.1. The molecule has 0 amide bonds. The zero-order valence-corrected chi connectivity index (χ0v) is 29.5. The fourth-order valence-corrected chi connectivity index (χ4v) is 3.39. The van der Waals surface area contributed by atoms with Gasteiger partial charge in [-0.2, -0.15) is 0 Å². The monoisotopic (exact) mass is 658 g/mol. The maximum atomic E-state index is 9.11. The van der Waals surface area contributed by atoms with Crippen LogP contribution in [0.3, 0.4) is 0 Å². The van der Waals surface area contributed by atoms with Crippen LogP contribution >= 0.6 is 0 Å². The van der Waals surface area contributed by atoms with Crippen LogP contribution in [0, 0.1) is 0 Å². The first kappa shape index (κ1) is 46.1. The predicted octanol–water partition coefficient (Wildman–Crippen LogP) is 4.90. The van der Waals surface area contributed by atoms with E-state index in [0.717, 1.165) is 0 Å². The molecule has 2 saturated heterocycles. The first-order chi connectivity index (χ1) is 21.6. The molecule has 2 aliphatic heterocycles. The van der Waals surface area contributed by atoms with Crippen molar-refractivity contribution in [2.45, 2.75) is 95.5 Å². The summed E-state index contributed by atoms with van der Waals surface area (Å²) in [7, 11) is 3.23. The van der Waals surface area contributed by atoms with Gasteiger partial charge in [0.2, 0.25) is 0 Å². The molecule has 0 aliphatic carbocycles. The van der Waals surface area contributed by atoms with Crippen LogP contribution in [0.2, 0.25) is 0 Å². The van der Waals surface area contributed by atoms with Crippen molar-refractivity contribution in [2.24, 2.45) is 0 Å². The molecule has 46 heavy (non-hydrogen) atoms. The molecule has 2 unspecified atom stereocenters. The maximum Gasteiger partial charge on any atom is 0.163 e. The summed E-state index contributed by atoms with van der Waals surface area (Å²) in [6.07, 6.45) is 7.98. The molecule has 2 N–H and O–H groups in total. The van der Waals surface area contributed by atoms with Crippen LogP contribution in [0.15, 0.2) is 75.9 Å². The lowest BCUT2D eigenvalue weighted by Crippen LogP contribution is -2.48. The lowest BCUT2D eigenvalue weighted by atomic mass is 10.1. The third-order valence-electron chi connectivity index (χ3n) is 6.30. The van der Waals surface area contributed by atoms with Gasteiger partial charge in [-0.15, -0.1) is 39.5 Å². The van der Waals surface area contributed by atoms with Crippen molar-refractivity contribution in [1.29, 1.82) is 0 Å². The van der Waals surface area contributed by atoms with Crippen molar-refractivity contribution in [2.75, 3.05) is 53.9 Å². The molecule has 0 saturated carbocycles. The Morgan fingerprint density at radius 1 is 0.761 bits per heavy atom. The summed E-state index contributed by atoms with van der Waals surface area (Å²) in [4.78, 5) is 0. The van der Waals surface area contributed by atoms with Crippen molar-refractivity contribution < 1.29 is 52.8 Å². The smallest absolute Gasteiger partial charge is 0.163 e. The van der Waals surface area contributed by atoms with E-state index in [1.807, 2.05) is 41.5 Å². The van der Waals surface area contributed by atoms with Crippen LogP contribution in [0.5, 0.6) is 0 Å². The van der Waals surface area contributed by atoms with Gasteiger partial charge in [-0.25, -0.2) is 0 Å². The summed E-state index contributed by atoms with van der Waals surface area (Å²) in [6, 6.07) is 0. The van der Waals surface area contributed by atoms with E-state index in [4.69, 9.17) is 52.8 Å². The standard InChI is InChI=1S/2C11H18O3.C8H14O3.C5H12O2/c2*1-5-7-12-10-8-13-11(3,4)14-9(10)6-2;1-3-5-11-8(6-9)7(10)4-2;1-5(2,6-3)7-4/h2*5-6,9-10H,1-2,7-8H2,3-4H3;3-4,7-10H,1-2,5-6H2;1-4H3/t9-,10+;9-,10-;;/m10../s1. The van der Waals surface area contributed by atoms with Gasteiger partial charge in [0, 0.05) is 14.2 Å². The molecule has 11 heteroatoms. The third-order valence-corrected chi connectivity index (χ3v) is 6.30. The number of methoxy groups -OCH3 is 2. The van der Waals surface area contributed by atoms with Crippen molar-refractivity contribution in [3.63, 3.8) is 0 Å². The molecule has 11 nitrogen and oxygen atoms in total. The molecule has 0 radical (unpaired) electrons. The van der Waals surface area contributed by atoms with E-state index in [1.54, 1.807) is 44.6 Å². The first-order valence-electron chi connectivity index (χ1n) is 15.1. The molecular weight excluding hydrogens is 596 g/mol. The van der Waals surface area contributed by atoms with Crippen LogP contribution in [0.25, 0.3) is 0 Å². The Labute approximate surface area is 278 Å². The molecular formula is C35H62O11. The minimum absolute atomic E-state index is 0.0847. The summed E-state index contributed by atoms with van der Waals surface area (Å²) >= 11 is 0. The van der Waals surface area contributed by atoms with Gasteiger partial charge in [0.25, 0.3) is 0 Å². The SMILES string of the molecule is C=CCOC(CO)C(O)C=C.C=CCO[C@H]1COC(C)(C)O[C@@H]1C=C.C=CCO[C@H]1COC(C)(C)O[C@H]1C=C.COC(C)(C)OC. The van der Waals surface area contributed by atoms with E-state index in [-0.39, 0.29) is 31.0 Å². The average molecular weight is 659 g/mol. The van der Waals surface area contributed by atoms with Crippen molar-refractivity contribution >= 4 is 0 Å². The Bertz CT molecular complexity index is 803. The van der Waals surface area contributed by atoms with Gasteiger partial charge in [-0.1, -0.05) is 36.5 Å². The number of rotatable bonds is 16. The Kier molecular flexibility index (Phi) is 25.1. The highest BCUT2D eigenvalue weighted by atomic mass is 16.7. The summed E-state index contributed by atoms with van der Waals surface area (Å²) in [5, 5.41) is 17.8. The van der Waals surface area contributed by atoms with Gasteiger partial charge >= 0.3 is 0 Å². The third kappa shape index (κ3) is 21.0. The molecule has 268 valence electrons. The Morgan fingerprint density at radius 2 is 1.15 bits per heavy atom. The van der Waals surface area contributed by atoms with Gasteiger partial charge in [0.05, 0.1) is 39.6 Å². The summed E-state index contributed by atoms with van der Waals surface area (Å²) < 4.78 is 47.9. The van der Waals surface area contributed by atoms with E-state index in [0.29, 0.717) is 33.0 Å². The topological polar surface area (TPSA) is 124 Å². The Morgan fingerprint density at radius 3 is 1.41 bits per heavy atom. The van der Waals surface area contributed by atoms with Crippen molar-refractivity contribution in [3.05, 3.63) is 75.9 Å². The van der Waals surface area contributed by atoms with Crippen LogP contribution in [0.1, 0.15) is 41.5 Å². The summed E-state index contributed by atoms with van der Waals surface area (Å²) in [5.41, 5.74) is 0. The van der Waals surface area contributed by atoms with E-state index >= 15 is 0 Å². The van der Waals surface area contributed by atoms with Crippen LogP contribution < -0.4 is 0 Å². The fraction of sp³-hybridized carbons (Fsp3) is 0.657. The van der Waals surface area contributed by atoms with Crippen LogP contribution in [0.4, 0.5) is 0 Å². The zero-order valence-electron chi connectivity index (χ0n) is 29.5. The van der Waals surface area contributed by atoms with Crippen LogP contribution in [-0.4, -0.2) is 118 Å². The molecule has 2 heterocycles. The molecule has 6 atom stereocenters. The normalized spacial score (nSPS) is 24.4. The van der Waals surface area contributed by atoms with Crippen LogP contribution in [-0.2, 0) is 42.6 Å². The van der Waals surface area contributed by atoms with E-state index in [9.17, 15) is 0 Å². The number of aliphatic hydroxyl groups is 2. The average Bonchev–Trinajstić information content (AvgIpc) is 3.04. The quantitative estimate of drug-likeness (QED) is 0.174. The molecule has 0 aromatic rings. The van der Waals surface area contributed by atoms with Gasteiger partial charge in [-0.05, 0) is 41.5 Å². The van der Waals surface area contributed by atoms with Crippen molar-refractivity contribution in [1.82, 2.24) is 0 Å². The maximum absolute atomic E-state index is 9.11. The number of ether oxygens (including phenoxy) is 9. The second-order valence-electron chi connectivity index (χ2n) is 11.3. The molecule has 0 aromatic heterocycles. The molecule has 2 fully saturated rings. The minimum atomic E-state index is -0.819. The van der Waals surface area contributed by atoms with Crippen molar-refractivity contribution in [3.8, 4) is 0 Å². The van der Waals surface area contributed by atoms with E-state index in [2.05, 4.69) is 39.5 Å². The lowest BCUT2D eigenvalue weighted by molar-refractivity contribution is -0.298. The summed E-state index contributed by atoms with van der Waals surface area (Å²) in [5.74, 6) is -1.51. The first-order valence-corrected chi connectivity index (χ1v) is 15.1. The Hall–Kier alpha value is -2.00. The summed E-state index contributed by atoms with van der Waals surface area (Å²) in [6.45, 7) is 34.8. The molecule has 0 aromatic carbocycles. The van der Waals surface area contributed by atoms with Gasteiger partial charge in [0.15, 0.2) is 17.4 Å². The largest absolute Gasteiger partial charge is 0.394 e. The molecule has 2 rings (SSSR count). The minimum Gasteiger partial charge on any atom is -0.394 e. The number of hydrogen-bond acceptors (Lipinski definition) is 11. The lowest BCUT2D eigenvalue weighted by Gasteiger charge is -2.39. The highest BCUT2D eigenvalue weighted by molar-refractivity contribution is 4.92. The highest BCUT2D eigenvalue weighted by Crippen LogP contribution is 2.25. The zero-order chi connectivity index (χ0) is 35.8.